The Bertz CT molecular complexity index is 1420. The van der Waals surface area contributed by atoms with E-state index in [4.69, 9.17) is 15.9 Å². The average molecular weight is 632 g/mol. The van der Waals surface area contributed by atoms with Gasteiger partial charge in [-0.1, -0.05) is 69.2 Å². The Labute approximate surface area is 273 Å². The Morgan fingerprint density at radius 1 is 0.913 bits per heavy atom. The number of hydrogen-bond acceptors (Lipinski definition) is 6. The highest BCUT2D eigenvalue weighted by atomic mass is 16.6. The summed E-state index contributed by atoms with van der Waals surface area (Å²) in [5.74, 6) is 0.816. The maximum Gasteiger partial charge on any atom is 0.408 e. The van der Waals surface area contributed by atoms with E-state index in [1.165, 1.54) is 0 Å². The van der Waals surface area contributed by atoms with Gasteiger partial charge in [0.05, 0.1) is 0 Å². The molecule has 2 aromatic carbocycles. The number of carbonyl (C=O) groups excluding carboxylic acids is 4. The van der Waals surface area contributed by atoms with Crippen LogP contribution in [0.4, 0.5) is 4.79 Å². The zero-order valence-corrected chi connectivity index (χ0v) is 28.5. The van der Waals surface area contributed by atoms with Crippen molar-refractivity contribution < 1.29 is 28.7 Å². The van der Waals surface area contributed by atoms with Gasteiger partial charge >= 0.3 is 12.1 Å². The average Bonchev–Trinajstić information content (AvgIpc) is 3.67. The summed E-state index contributed by atoms with van der Waals surface area (Å²) in [6.45, 7) is 16.2. The molecule has 0 bridgehead atoms. The van der Waals surface area contributed by atoms with E-state index in [0.29, 0.717) is 17.5 Å². The van der Waals surface area contributed by atoms with Crippen LogP contribution in [0.2, 0.25) is 0 Å². The second-order valence-corrected chi connectivity index (χ2v) is 14.3. The number of nitrogens with zero attached hydrogens (tertiary/aromatic N) is 1. The molecule has 9 nitrogen and oxygen atoms in total. The first-order valence-electron chi connectivity index (χ1n) is 15.9. The van der Waals surface area contributed by atoms with E-state index < -0.39 is 53.2 Å². The minimum atomic E-state index is -1.13. The first-order valence-corrected chi connectivity index (χ1v) is 15.9. The summed E-state index contributed by atoms with van der Waals surface area (Å²) < 4.78 is 11.2. The van der Waals surface area contributed by atoms with Crippen molar-refractivity contribution in [2.45, 2.75) is 111 Å². The van der Waals surface area contributed by atoms with Crippen molar-refractivity contribution in [2.75, 3.05) is 0 Å². The molecule has 1 aliphatic rings. The van der Waals surface area contributed by atoms with Crippen LogP contribution in [0.3, 0.4) is 0 Å². The van der Waals surface area contributed by atoms with Crippen LogP contribution in [-0.2, 0) is 30.3 Å². The number of rotatable bonds is 11. The quantitative estimate of drug-likeness (QED) is 0.248. The Hall–Kier alpha value is -4.32. The fraction of sp³-hybridized carbons (Fsp3) is 0.514. The Morgan fingerprint density at radius 2 is 1.48 bits per heavy atom. The number of ether oxygens (including phenoxy) is 2. The number of amides is 3. The fourth-order valence-corrected chi connectivity index (χ4v) is 5.15. The molecule has 0 radical (unpaired) electrons. The molecule has 3 amide bonds. The van der Waals surface area contributed by atoms with Gasteiger partial charge in [-0.3, -0.25) is 9.59 Å². The number of carbonyl (C=O) groups is 4. The van der Waals surface area contributed by atoms with Crippen LogP contribution in [-0.4, -0.2) is 58.1 Å². The second-order valence-electron chi connectivity index (χ2n) is 14.3. The maximum absolute atomic E-state index is 14.5. The van der Waals surface area contributed by atoms with Crippen molar-refractivity contribution >= 4 is 23.9 Å². The lowest BCUT2D eigenvalue weighted by Gasteiger charge is -2.36. The van der Waals surface area contributed by atoms with Gasteiger partial charge in [0.1, 0.15) is 29.3 Å². The number of hydrogen-bond donors (Lipinski definition) is 2. The molecule has 0 aliphatic heterocycles. The predicted molar refractivity (Wildman–Crippen MR) is 177 cm³/mol. The third-order valence-electron chi connectivity index (χ3n) is 7.49. The zero-order chi connectivity index (χ0) is 34.4. The maximum atomic E-state index is 14.5. The van der Waals surface area contributed by atoms with Gasteiger partial charge in [-0.05, 0) is 83.1 Å². The van der Waals surface area contributed by atoms with Gasteiger partial charge in [0.15, 0.2) is 0 Å². The molecule has 9 heteroatoms. The van der Waals surface area contributed by atoms with Gasteiger partial charge in [-0.2, -0.15) is 0 Å². The van der Waals surface area contributed by atoms with Gasteiger partial charge in [-0.25, -0.2) is 9.59 Å². The van der Waals surface area contributed by atoms with E-state index in [9.17, 15) is 19.2 Å². The molecule has 3 rings (SSSR count). The first kappa shape index (κ1) is 36.2. The van der Waals surface area contributed by atoms with E-state index >= 15 is 0 Å². The molecule has 1 fully saturated rings. The molecular formula is C37H49N3O6. The van der Waals surface area contributed by atoms with E-state index in [2.05, 4.69) is 16.6 Å². The summed E-state index contributed by atoms with van der Waals surface area (Å²) in [5, 5.41) is 5.68. The molecule has 0 heterocycles. The van der Waals surface area contributed by atoms with Crippen molar-refractivity contribution in [3.63, 3.8) is 0 Å². The standard InChI is InChI=1S/C37H49N3O6/c1-11-25-17-19-27(20-18-25)31(32(41)38-28(34(43)45-36(5,6)7)22-26-15-13-12-14-16-26)40(29-21-24(29)4)33(42)30(23(2)3)39-35(44)46-37(8,9)10/h1,12-20,23-24,28-31H,21-22H2,2-10H3,(H,38,41)(H,39,44). The van der Waals surface area contributed by atoms with Crippen LogP contribution >= 0.6 is 0 Å². The minimum absolute atomic E-state index is 0.115. The molecule has 1 aliphatic carbocycles. The van der Waals surface area contributed by atoms with Crippen LogP contribution in [0.25, 0.3) is 0 Å². The molecule has 248 valence electrons. The predicted octanol–water partition coefficient (Wildman–Crippen LogP) is 5.56. The van der Waals surface area contributed by atoms with Gasteiger partial charge < -0.3 is 25.0 Å². The second kappa shape index (κ2) is 14.8. The van der Waals surface area contributed by atoms with Crippen molar-refractivity contribution in [3.05, 3.63) is 71.3 Å². The topological polar surface area (TPSA) is 114 Å². The normalized spacial score (nSPS) is 17.9. The third-order valence-corrected chi connectivity index (χ3v) is 7.49. The molecule has 0 spiro atoms. The van der Waals surface area contributed by atoms with Crippen LogP contribution in [0.15, 0.2) is 54.6 Å². The smallest absolute Gasteiger partial charge is 0.408 e. The highest BCUT2D eigenvalue weighted by molar-refractivity contribution is 5.94. The number of nitrogens with one attached hydrogen (secondary N) is 2. The van der Waals surface area contributed by atoms with E-state index in [1.54, 1.807) is 70.7 Å². The lowest BCUT2D eigenvalue weighted by Crippen LogP contribution is -2.57. The Morgan fingerprint density at radius 3 is 1.96 bits per heavy atom. The summed E-state index contributed by atoms with van der Waals surface area (Å²) in [6.07, 6.45) is 5.75. The van der Waals surface area contributed by atoms with E-state index in [0.717, 1.165) is 5.56 Å². The lowest BCUT2D eigenvalue weighted by atomic mass is 9.97. The largest absolute Gasteiger partial charge is 0.458 e. The summed E-state index contributed by atoms with van der Waals surface area (Å²) in [6, 6.07) is 12.8. The molecule has 0 saturated heterocycles. The highest BCUT2D eigenvalue weighted by Gasteiger charge is 2.49. The first-order chi connectivity index (χ1) is 21.4. The molecule has 5 unspecified atom stereocenters. The Kier molecular flexibility index (Phi) is 11.7. The van der Waals surface area contributed by atoms with Crippen molar-refractivity contribution in [3.8, 4) is 12.3 Å². The minimum Gasteiger partial charge on any atom is -0.458 e. The molecule has 1 saturated carbocycles. The molecule has 2 N–H and O–H groups in total. The zero-order valence-electron chi connectivity index (χ0n) is 28.5. The summed E-state index contributed by atoms with van der Waals surface area (Å²) >= 11 is 0. The molecule has 0 aromatic heterocycles. The van der Waals surface area contributed by atoms with Gasteiger partial charge in [0, 0.05) is 18.0 Å². The van der Waals surface area contributed by atoms with Crippen LogP contribution in [0.1, 0.15) is 91.5 Å². The number of alkyl carbamates (subject to hydrolysis) is 1. The van der Waals surface area contributed by atoms with Gasteiger partial charge in [0.25, 0.3) is 0 Å². The number of benzene rings is 2. The fourth-order valence-electron chi connectivity index (χ4n) is 5.15. The van der Waals surface area contributed by atoms with Gasteiger partial charge in [-0.15, -0.1) is 6.42 Å². The van der Waals surface area contributed by atoms with Crippen molar-refractivity contribution in [1.29, 1.82) is 0 Å². The van der Waals surface area contributed by atoms with Crippen LogP contribution in [0, 0.1) is 24.2 Å². The summed E-state index contributed by atoms with van der Waals surface area (Å²) in [5.41, 5.74) is 0.411. The van der Waals surface area contributed by atoms with E-state index in [-0.39, 0.29) is 24.3 Å². The molecule has 2 aromatic rings. The monoisotopic (exact) mass is 631 g/mol. The Balaban J connectivity index is 2.07. The molecule has 5 atom stereocenters. The van der Waals surface area contributed by atoms with Crippen molar-refractivity contribution in [2.24, 2.45) is 11.8 Å². The highest BCUT2D eigenvalue weighted by Crippen LogP contribution is 2.41. The lowest BCUT2D eigenvalue weighted by molar-refractivity contribution is -0.159. The molecular weight excluding hydrogens is 582 g/mol. The number of esters is 1. The van der Waals surface area contributed by atoms with Gasteiger partial charge in [0.2, 0.25) is 11.8 Å². The summed E-state index contributed by atoms with van der Waals surface area (Å²) in [4.78, 5) is 56.9. The van der Waals surface area contributed by atoms with E-state index in [1.807, 2.05) is 51.1 Å². The van der Waals surface area contributed by atoms with Crippen LogP contribution in [0.5, 0.6) is 0 Å². The SMILES string of the molecule is C#Cc1ccc(C(C(=O)NC(Cc2ccccc2)C(=O)OC(C)(C)C)N(C(=O)C(NC(=O)OC(C)(C)C)C(C)C)C2CC2C)cc1. The number of terminal acetylenes is 1. The summed E-state index contributed by atoms with van der Waals surface area (Å²) in [7, 11) is 0. The van der Waals surface area contributed by atoms with Crippen molar-refractivity contribution in [1.82, 2.24) is 15.5 Å². The molecule has 46 heavy (non-hydrogen) atoms. The van der Waals surface area contributed by atoms with Crippen LogP contribution < -0.4 is 10.6 Å². The third kappa shape index (κ3) is 10.4.